The highest BCUT2D eigenvalue weighted by molar-refractivity contribution is 6.30. The molecule has 0 spiro atoms. The van der Waals surface area contributed by atoms with Gasteiger partial charge in [-0.05, 0) is 43.1 Å². The van der Waals surface area contributed by atoms with Gasteiger partial charge in [-0.25, -0.2) is 4.39 Å². The summed E-state index contributed by atoms with van der Waals surface area (Å²) in [6.45, 7) is 1.01. The maximum absolute atomic E-state index is 13.0. The van der Waals surface area contributed by atoms with E-state index in [0.717, 1.165) is 24.9 Å². The van der Waals surface area contributed by atoms with Crippen molar-refractivity contribution in [2.45, 2.75) is 18.9 Å². The largest absolute Gasteiger partial charge is 0.310 e. The van der Waals surface area contributed by atoms with Crippen molar-refractivity contribution in [2.24, 2.45) is 0 Å². The van der Waals surface area contributed by atoms with Crippen LogP contribution in [0.4, 0.5) is 4.39 Å². The normalized spacial score (nSPS) is 22.2. The van der Waals surface area contributed by atoms with Crippen LogP contribution in [0.3, 0.4) is 0 Å². The fourth-order valence-corrected chi connectivity index (χ4v) is 1.98. The topological polar surface area (TPSA) is 12.0 Å². The first-order chi connectivity index (χ1) is 6.25. The third kappa shape index (κ3) is 2.01. The minimum atomic E-state index is -0.254. The maximum Gasteiger partial charge on any atom is 0.125 e. The summed E-state index contributed by atoms with van der Waals surface area (Å²) in [7, 11) is 0. The van der Waals surface area contributed by atoms with Crippen LogP contribution in [-0.2, 0) is 0 Å². The molecule has 1 aliphatic rings. The van der Waals surface area contributed by atoms with Gasteiger partial charge in [-0.2, -0.15) is 0 Å². The Bertz CT molecular complexity index is 288. The first kappa shape index (κ1) is 8.97. The van der Waals surface area contributed by atoms with E-state index in [1.54, 1.807) is 6.07 Å². The summed E-state index contributed by atoms with van der Waals surface area (Å²) in [5.41, 5.74) is 0.961. The Kier molecular flexibility index (Phi) is 2.51. The number of benzene rings is 1. The molecule has 1 heterocycles. The van der Waals surface area contributed by atoms with E-state index in [0.29, 0.717) is 5.02 Å². The predicted molar refractivity (Wildman–Crippen MR) is 51.4 cm³/mol. The molecule has 0 bridgehead atoms. The van der Waals surface area contributed by atoms with E-state index in [2.05, 4.69) is 5.32 Å². The fourth-order valence-electron chi connectivity index (χ4n) is 1.75. The Hall–Kier alpha value is -0.600. The molecule has 0 aromatic heterocycles. The predicted octanol–water partition coefficient (Wildman–Crippen LogP) is 2.90. The summed E-state index contributed by atoms with van der Waals surface area (Å²) in [5, 5.41) is 3.78. The minimum absolute atomic E-state index is 0.254. The number of rotatable bonds is 1. The average molecular weight is 200 g/mol. The molecule has 1 fully saturated rings. The highest BCUT2D eigenvalue weighted by Gasteiger charge is 2.16. The lowest BCUT2D eigenvalue weighted by atomic mass is 10.1. The van der Waals surface area contributed by atoms with Crippen molar-refractivity contribution >= 4 is 11.6 Å². The van der Waals surface area contributed by atoms with Gasteiger partial charge in [0.05, 0.1) is 0 Å². The zero-order valence-electron chi connectivity index (χ0n) is 7.19. The van der Waals surface area contributed by atoms with E-state index in [-0.39, 0.29) is 11.9 Å². The van der Waals surface area contributed by atoms with Gasteiger partial charge in [0, 0.05) is 11.1 Å². The van der Waals surface area contributed by atoms with E-state index in [9.17, 15) is 4.39 Å². The molecule has 0 saturated carbocycles. The van der Waals surface area contributed by atoms with Crippen LogP contribution in [0.5, 0.6) is 0 Å². The van der Waals surface area contributed by atoms with Gasteiger partial charge in [-0.15, -0.1) is 0 Å². The summed E-state index contributed by atoms with van der Waals surface area (Å²) in [5.74, 6) is -0.254. The lowest BCUT2D eigenvalue weighted by molar-refractivity contribution is 0.607. The molecule has 2 rings (SSSR count). The molecule has 0 unspecified atom stereocenters. The van der Waals surface area contributed by atoms with Gasteiger partial charge in [-0.1, -0.05) is 11.6 Å². The molecule has 70 valence electrons. The van der Waals surface area contributed by atoms with Crippen LogP contribution < -0.4 is 5.32 Å². The van der Waals surface area contributed by atoms with Crippen LogP contribution in [0.2, 0.25) is 5.02 Å². The molecule has 1 N–H and O–H groups in total. The summed E-state index contributed by atoms with van der Waals surface area (Å²) in [6, 6.07) is 5.00. The Balaban J connectivity index is 2.28. The zero-order valence-corrected chi connectivity index (χ0v) is 7.94. The molecular formula is C10H11ClFN. The molecule has 0 aliphatic carbocycles. The summed E-state index contributed by atoms with van der Waals surface area (Å²) in [4.78, 5) is 0. The van der Waals surface area contributed by atoms with Gasteiger partial charge >= 0.3 is 0 Å². The number of hydrogen-bond donors (Lipinski definition) is 1. The van der Waals surface area contributed by atoms with Gasteiger partial charge in [0.2, 0.25) is 0 Å². The van der Waals surface area contributed by atoms with E-state index in [1.165, 1.54) is 6.07 Å². The van der Waals surface area contributed by atoms with Crippen molar-refractivity contribution in [2.75, 3.05) is 6.54 Å². The molecular weight excluding hydrogens is 189 g/mol. The molecule has 1 aromatic carbocycles. The summed E-state index contributed by atoms with van der Waals surface area (Å²) in [6.07, 6.45) is 2.22. The van der Waals surface area contributed by atoms with Crippen molar-refractivity contribution < 1.29 is 4.39 Å². The first-order valence-corrected chi connectivity index (χ1v) is 4.83. The van der Waals surface area contributed by atoms with Crippen molar-refractivity contribution in [1.29, 1.82) is 0 Å². The SMILES string of the molecule is Fc1cc(Cl)cc([C@H]2CCCN2)c1. The standard InChI is InChI=1S/C10H11ClFN/c11-8-4-7(5-9(12)6-8)10-2-1-3-13-10/h4-6,10,13H,1-3H2/t10-/m1/s1. The Labute approximate surface area is 81.9 Å². The molecule has 0 amide bonds. The number of halogens is 2. The van der Waals surface area contributed by atoms with E-state index >= 15 is 0 Å². The van der Waals surface area contributed by atoms with Crippen LogP contribution in [0, 0.1) is 5.82 Å². The number of nitrogens with one attached hydrogen (secondary N) is 1. The third-order valence-corrected chi connectivity index (χ3v) is 2.57. The van der Waals surface area contributed by atoms with Crippen LogP contribution in [0.1, 0.15) is 24.4 Å². The minimum Gasteiger partial charge on any atom is -0.310 e. The smallest absolute Gasteiger partial charge is 0.125 e. The highest BCUT2D eigenvalue weighted by atomic mass is 35.5. The zero-order chi connectivity index (χ0) is 9.26. The quantitative estimate of drug-likeness (QED) is 0.734. The lowest BCUT2D eigenvalue weighted by Gasteiger charge is -2.10. The third-order valence-electron chi connectivity index (χ3n) is 2.35. The lowest BCUT2D eigenvalue weighted by Crippen LogP contribution is -2.12. The summed E-state index contributed by atoms with van der Waals surface area (Å²) >= 11 is 5.76. The van der Waals surface area contributed by atoms with Gasteiger partial charge in [0.1, 0.15) is 5.82 Å². The molecule has 13 heavy (non-hydrogen) atoms. The van der Waals surface area contributed by atoms with Crippen LogP contribution in [-0.4, -0.2) is 6.54 Å². The maximum atomic E-state index is 13.0. The van der Waals surface area contributed by atoms with Crippen molar-refractivity contribution in [3.8, 4) is 0 Å². The monoisotopic (exact) mass is 199 g/mol. The van der Waals surface area contributed by atoms with Crippen molar-refractivity contribution in [1.82, 2.24) is 5.32 Å². The molecule has 1 aliphatic heterocycles. The molecule has 1 aromatic rings. The highest BCUT2D eigenvalue weighted by Crippen LogP contribution is 2.25. The molecule has 3 heteroatoms. The van der Waals surface area contributed by atoms with Crippen LogP contribution in [0.15, 0.2) is 18.2 Å². The van der Waals surface area contributed by atoms with Gasteiger partial charge in [0.15, 0.2) is 0 Å². The Morgan fingerprint density at radius 3 is 2.85 bits per heavy atom. The second-order valence-electron chi connectivity index (χ2n) is 3.35. The summed E-state index contributed by atoms with van der Waals surface area (Å²) < 4.78 is 13.0. The van der Waals surface area contributed by atoms with E-state index in [1.807, 2.05) is 6.07 Å². The molecule has 0 radical (unpaired) electrons. The van der Waals surface area contributed by atoms with Gasteiger partial charge in [-0.3, -0.25) is 0 Å². The molecule has 1 saturated heterocycles. The second kappa shape index (κ2) is 3.64. The van der Waals surface area contributed by atoms with Gasteiger partial charge in [0.25, 0.3) is 0 Å². The molecule has 1 nitrogen and oxygen atoms in total. The van der Waals surface area contributed by atoms with Crippen molar-refractivity contribution in [3.05, 3.63) is 34.6 Å². The number of hydrogen-bond acceptors (Lipinski definition) is 1. The van der Waals surface area contributed by atoms with E-state index in [4.69, 9.17) is 11.6 Å². The average Bonchev–Trinajstić information content (AvgIpc) is 2.53. The fraction of sp³-hybridized carbons (Fsp3) is 0.400. The van der Waals surface area contributed by atoms with E-state index < -0.39 is 0 Å². The van der Waals surface area contributed by atoms with Crippen LogP contribution in [0.25, 0.3) is 0 Å². The Morgan fingerprint density at radius 1 is 1.38 bits per heavy atom. The van der Waals surface area contributed by atoms with Crippen molar-refractivity contribution in [3.63, 3.8) is 0 Å². The van der Waals surface area contributed by atoms with Gasteiger partial charge < -0.3 is 5.32 Å². The van der Waals surface area contributed by atoms with Crippen LogP contribution >= 0.6 is 11.6 Å². The Morgan fingerprint density at radius 2 is 2.23 bits per heavy atom. The second-order valence-corrected chi connectivity index (χ2v) is 3.79. The first-order valence-electron chi connectivity index (χ1n) is 4.45. The molecule has 1 atom stereocenters.